The molecular formula is C13H20N4O. The van der Waals surface area contributed by atoms with Crippen LogP contribution in [-0.2, 0) is 0 Å². The SMILES string of the molecule is OC1CCN(c2cncc([C@H]3CCCN3)n2)CC1. The molecule has 2 aliphatic heterocycles. The van der Waals surface area contributed by atoms with Gasteiger partial charge in [0, 0.05) is 13.1 Å². The van der Waals surface area contributed by atoms with E-state index in [0.717, 1.165) is 50.4 Å². The topological polar surface area (TPSA) is 61.3 Å². The van der Waals surface area contributed by atoms with Gasteiger partial charge in [0.15, 0.2) is 0 Å². The van der Waals surface area contributed by atoms with Gasteiger partial charge in [0.05, 0.1) is 30.2 Å². The molecule has 3 rings (SSSR count). The van der Waals surface area contributed by atoms with Crippen LogP contribution in [0.5, 0.6) is 0 Å². The van der Waals surface area contributed by atoms with Gasteiger partial charge < -0.3 is 15.3 Å². The predicted molar refractivity (Wildman–Crippen MR) is 69.5 cm³/mol. The minimum atomic E-state index is -0.145. The van der Waals surface area contributed by atoms with Crippen molar-refractivity contribution >= 4 is 5.82 Å². The number of aliphatic hydroxyl groups excluding tert-OH is 1. The number of nitrogens with zero attached hydrogens (tertiary/aromatic N) is 3. The molecule has 0 saturated carbocycles. The molecule has 0 unspecified atom stereocenters. The van der Waals surface area contributed by atoms with E-state index in [9.17, 15) is 5.11 Å². The fraction of sp³-hybridized carbons (Fsp3) is 0.692. The lowest BCUT2D eigenvalue weighted by Gasteiger charge is -2.30. The molecule has 2 N–H and O–H groups in total. The Morgan fingerprint density at radius 3 is 2.78 bits per heavy atom. The van der Waals surface area contributed by atoms with Gasteiger partial charge >= 0.3 is 0 Å². The Balaban J connectivity index is 1.74. The van der Waals surface area contributed by atoms with E-state index in [1.54, 1.807) is 0 Å². The summed E-state index contributed by atoms with van der Waals surface area (Å²) in [4.78, 5) is 11.3. The Hall–Kier alpha value is -1.20. The van der Waals surface area contributed by atoms with Crippen LogP contribution >= 0.6 is 0 Å². The standard InChI is InChI=1S/C13H20N4O/c18-10-3-6-17(7-4-10)13-9-14-8-12(16-13)11-2-1-5-15-11/h8-11,15,18H,1-7H2/t11-/m1/s1. The highest BCUT2D eigenvalue weighted by molar-refractivity contribution is 5.37. The van der Waals surface area contributed by atoms with Crippen molar-refractivity contribution in [2.45, 2.75) is 37.8 Å². The number of hydrogen-bond acceptors (Lipinski definition) is 5. The zero-order valence-corrected chi connectivity index (χ0v) is 10.5. The van der Waals surface area contributed by atoms with Gasteiger partial charge in [0.25, 0.3) is 0 Å². The summed E-state index contributed by atoms with van der Waals surface area (Å²) in [6, 6.07) is 0.368. The molecule has 2 aliphatic rings. The molecule has 0 radical (unpaired) electrons. The minimum Gasteiger partial charge on any atom is -0.393 e. The summed E-state index contributed by atoms with van der Waals surface area (Å²) in [6.45, 7) is 2.82. The third-order valence-electron chi connectivity index (χ3n) is 3.85. The predicted octanol–water partition coefficient (Wildman–Crippen LogP) is 0.862. The van der Waals surface area contributed by atoms with Crippen LogP contribution in [0.25, 0.3) is 0 Å². The van der Waals surface area contributed by atoms with Gasteiger partial charge in [-0.2, -0.15) is 0 Å². The van der Waals surface area contributed by atoms with E-state index in [4.69, 9.17) is 4.98 Å². The summed E-state index contributed by atoms with van der Waals surface area (Å²) in [5.74, 6) is 0.952. The lowest BCUT2D eigenvalue weighted by atomic mass is 10.1. The van der Waals surface area contributed by atoms with Gasteiger partial charge in [0.2, 0.25) is 0 Å². The molecule has 2 saturated heterocycles. The van der Waals surface area contributed by atoms with E-state index in [1.807, 2.05) is 12.4 Å². The normalized spacial score (nSPS) is 25.6. The van der Waals surface area contributed by atoms with Crippen molar-refractivity contribution in [2.75, 3.05) is 24.5 Å². The maximum atomic E-state index is 9.53. The van der Waals surface area contributed by atoms with Crippen LogP contribution in [0, 0.1) is 0 Å². The van der Waals surface area contributed by atoms with Crippen LogP contribution in [0.1, 0.15) is 37.4 Å². The fourth-order valence-corrected chi connectivity index (χ4v) is 2.72. The summed E-state index contributed by atoms with van der Waals surface area (Å²) in [5.41, 5.74) is 1.05. The van der Waals surface area contributed by atoms with E-state index in [0.29, 0.717) is 6.04 Å². The maximum Gasteiger partial charge on any atom is 0.147 e. The Morgan fingerprint density at radius 1 is 1.22 bits per heavy atom. The first-order valence-electron chi connectivity index (χ1n) is 6.81. The Morgan fingerprint density at radius 2 is 2.06 bits per heavy atom. The first kappa shape index (κ1) is 11.9. The molecule has 5 heteroatoms. The van der Waals surface area contributed by atoms with Crippen molar-refractivity contribution in [3.8, 4) is 0 Å². The quantitative estimate of drug-likeness (QED) is 0.813. The monoisotopic (exact) mass is 248 g/mol. The number of nitrogens with one attached hydrogen (secondary N) is 1. The number of piperidine rings is 1. The second-order valence-corrected chi connectivity index (χ2v) is 5.17. The van der Waals surface area contributed by atoms with Crippen LogP contribution in [0.3, 0.4) is 0 Å². The van der Waals surface area contributed by atoms with Gasteiger partial charge in [0.1, 0.15) is 5.82 Å². The van der Waals surface area contributed by atoms with Gasteiger partial charge in [-0.15, -0.1) is 0 Å². The molecule has 1 atom stereocenters. The van der Waals surface area contributed by atoms with E-state index < -0.39 is 0 Å². The molecule has 3 heterocycles. The van der Waals surface area contributed by atoms with Crippen LogP contribution in [-0.4, -0.2) is 40.8 Å². The molecule has 1 aromatic rings. The summed E-state index contributed by atoms with van der Waals surface area (Å²) >= 11 is 0. The van der Waals surface area contributed by atoms with Crippen molar-refractivity contribution in [3.63, 3.8) is 0 Å². The van der Waals surface area contributed by atoms with Crippen molar-refractivity contribution in [3.05, 3.63) is 18.1 Å². The van der Waals surface area contributed by atoms with E-state index in [2.05, 4.69) is 15.2 Å². The first-order valence-corrected chi connectivity index (χ1v) is 6.81. The van der Waals surface area contributed by atoms with Gasteiger partial charge in [-0.3, -0.25) is 4.98 Å². The largest absolute Gasteiger partial charge is 0.393 e. The van der Waals surface area contributed by atoms with Gasteiger partial charge in [-0.25, -0.2) is 4.98 Å². The second-order valence-electron chi connectivity index (χ2n) is 5.17. The smallest absolute Gasteiger partial charge is 0.147 e. The number of aromatic nitrogens is 2. The fourth-order valence-electron chi connectivity index (χ4n) is 2.72. The molecule has 0 aliphatic carbocycles. The summed E-state index contributed by atoms with van der Waals surface area (Å²) in [7, 11) is 0. The average Bonchev–Trinajstić information content (AvgIpc) is 2.94. The van der Waals surface area contributed by atoms with Crippen LogP contribution in [0.15, 0.2) is 12.4 Å². The average molecular weight is 248 g/mol. The number of aliphatic hydroxyl groups is 1. The molecule has 0 amide bonds. The molecule has 0 spiro atoms. The van der Waals surface area contributed by atoms with Crippen LogP contribution in [0.2, 0.25) is 0 Å². The van der Waals surface area contributed by atoms with Crippen molar-refractivity contribution < 1.29 is 5.11 Å². The maximum absolute atomic E-state index is 9.53. The minimum absolute atomic E-state index is 0.145. The molecule has 0 bridgehead atoms. The highest BCUT2D eigenvalue weighted by atomic mass is 16.3. The molecule has 1 aromatic heterocycles. The Bertz CT molecular complexity index is 398. The number of hydrogen-bond donors (Lipinski definition) is 2. The summed E-state index contributed by atoms with van der Waals surface area (Å²) in [5, 5.41) is 13.0. The second kappa shape index (κ2) is 5.20. The lowest BCUT2D eigenvalue weighted by molar-refractivity contribution is 0.145. The van der Waals surface area contributed by atoms with E-state index in [-0.39, 0.29) is 6.10 Å². The molecule has 5 nitrogen and oxygen atoms in total. The third-order valence-corrected chi connectivity index (χ3v) is 3.85. The number of anilines is 1. The first-order chi connectivity index (χ1) is 8.83. The highest BCUT2D eigenvalue weighted by Gasteiger charge is 2.21. The Kier molecular flexibility index (Phi) is 3.43. The zero-order chi connectivity index (χ0) is 12.4. The highest BCUT2D eigenvalue weighted by Crippen LogP contribution is 2.23. The molecule has 0 aromatic carbocycles. The summed E-state index contributed by atoms with van der Waals surface area (Å²) in [6.07, 6.45) is 7.57. The molecular weight excluding hydrogens is 228 g/mol. The van der Waals surface area contributed by atoms with Crippen molar-refractivity contribution in [1.29, 1.82) is 0 Å². The van der Waals surface area contributed by atoms with E-state index >= 15 is 0 Å². The van der Waals surface area contributed by atoms with Crippen LogP contribution < -0.4 is 10.2 Å². The molecule has 18 heavy (non-hydrogen) atoms. The zero-order valence-electron chi connectivity index (χ0n) is 10.5. The Labute approximate surface area is 107 Å². The van der Waals surface area contributed by atoms with Crippen LogP contribution in [0.4, 0.5) is 5.82 Å². The summed E-state index contributed by atoms with van der Waals surface area (Å²) < 4.78 is 0. The van der Waals surface area contributed by atoms with Gasteiger partial charge in [-0.1, -0.05) is 0 Å². The van der Waals surface area contributed by atoms with Crippen molar-refractivity contribution in [1.82, 2.24) is 15.3 Å². The van der Waals surface area contributed by atoms with E-state index in [1.165, 1.54) is 6.42 Å². The lowest BCUT2D eigenvalue weighted by Crippen LogP contribution is -2.36. The third kappa shape index (κ3) is 2.47. The molecule has 98 valence electrons. The molecule has 2 fully saturated rings. The van der Waals surface area contributed by atoms with Gasteiger partial charge in [-0.05, 0) is 32.2 Å². The number of rotatable bonds is 2. The van der Waals surface area contributed by atoms with Crippen molar-refractivity contribution in [2.24, 2.45) is 0 Å².